The van der Waals surface area contributed by atoms with Gasteiger partial charge in [0.15, 0.2) is 5.43 Å². The number of nitrogens with zero attached hydrogens (tertiary/aromatic N) is 1. The molecule has 2 aromatic heterocycles. The van der Waals surface area contributed by atoms with Gasteiger partial charge in [-0.2, -0.15) is 0 Å². The molecule has 18 heavy (non-hydrogen) atoms. The van der Waals surface area contributed by atoms with Gasteiger partial charge < -0.3 is 9.72 Å². The fourth-order valence-electron chi connectivity index (χ4n) is 2.46. The molecular formula is C14H16N2O2. The van der Waals surface area contributed by atoms with Crippen LogP contribution in [-0.4, -0.2) is 22.7 Å². The Morgan fingerprint density at radius 3 is 3.11 bits per heavy atom. The van der Waals surface area contributed by atoms with Crippen molar-refractivity contribution < 1.29 is 4.74 Å². The summed E-state index contributed by atoms with van der Waals surface area (Å²) in [5.74, 6) is 0.298. The van der Waals surface area contributed by atoms with E-state index in [1.165, 1.54) is 0 Å². The Morgan fingerprint density at radius 1 is 1.44 bits per heavy atom. The van der Waals surface area contributed by atoms with Gasteiger partial charge in [-0.05, 0) is 25.8 Å². The monoisotopic (exact) mass is 244 g/mol. The number of ether oxygens (including phenoxy) is 1. The van der Waals surface area contributed by atoms with E-state index in [0.29, 0.717) is 24.0 Å². The van der Waals surface area contributed by atoms with Crippen LogP contribution in [0, 0.1) is 0 Å². The van der Waals surface area contributed by atoms with Gasteiger partial charge >= 0.3 is 0 Å². The summed E-state index contributed by atoms with van der Waals surface area (Å²) < 4.78 is 5.66. The zero-order chi connectivity index (χ0) is 12.5. The number of hydrogen-bond donors (Lipinski definition) is 1. The van der Waals surface area contributed by atoms with Gasteiger partial charge in [-0.1, -0.05) is 0 Å². The number of nitrogens with one attached hydrogen (secondary N) is 1. The summed E-state index contributed by atoms with van der Waals surface area (Å²) in [5, 5.41) is 0.645. The van der Waals surface area contributed by atoms with E-state index in [9.17, 15) is 4.79 Å². The molecule has 1 fully saturated rings. The first-order chi connectivity index (χ1) is 8.74. The fourth-order valence-corrected chi connectivity index (χ4v) is 2.46. The lowest BCUT2D eigenvalue weighted by Gasteiger charge is -2.26. The molecule has 2 aromatic rings. The molecule has 0 aromatic carbocycles. The third kappa shape index (κ3) is 2.04. The highest BCUT2D eigenvalue weighted by molar-refractivity contribution is 5.77. The van der Waals surface area contributed by atoms with Crippen LogP contribution in [0.15, 0.2) is 29.3 Å². The van der Waals surface area contributed by atoms with Crippen molar-refractivity contribution in [3.05, 3.63) is 40.4 Å². The first-order valence-electron chi connectivity index (χ1n) is 6.32. The Balaban J connectivity index is 2.00. The molecule has 4 heteroatoms. The fraction of sp³-hybridized carbons (Fsp3) is 0.429. The predicted molar refractivity (Wildman–Crippen MR) is 69.8 cm³/mol. The summed E-state index contributed by atoms with van der Waals surface area (Å²) in [6.07, 6.45) is 5.74. The zero-order valence-electron chi connectivity index (χ0n) is 10.3. The van der Waals surface area contributed by atoms with Gasteiger partial charge in [-0.3, -0.25) is 9.78 Å². The van der Waals surface area contributed by atoms with Crippen LogP contribution in [0.4, 0.5) is 0 Å². The average molecular weight is 244 g/mol. The van der Waals surface area contributed by atoms with Crippen molar-refractivity contribution >= 4 is 10.9 Å². The molecule has 1 aliphatic heterocycles. The van der Waals surface area contributed by atoms with Crippen LogP contribution in [0.5, 0.6) is 0 Å². The van der Waals surface area contributed by atoms with Crippen molar-refractivity contribution in [2.45, 2.75) is 31.8 Å². The van der Waals surface area contributed by atoms with Crippen molar-refractivity contribution in [1.82, 2.24) is 9.97 Å². The van der Waals surface area contributed by atoms with Crippen molar-refractivity contribution in [1.29, 1.82) is 0 Å². The van der Waals surface area contributed by atoms with E-state index in [4.69, 9.17) is 4.74 Å². The molecule has 1 N–H and O–H groups in total. The summed E-state index contributed by atoms with van der Waals surface area (Å²) in [6.45, 7) is 2.78. The van der Waals surface area contributed by atoms with Gasteiger partial charge in [-0.25, -0.2) is 0 Å². The van der Waals surface area contributed by atoms with Gasteiger partial charge in [-0.15, -0.1) is 0 Å². The number of fused-ring (bicyclic) bond motifs is 1. The third-order valence-electron chi connectivity index (χ3n) is 3.60. The standard InChI is InChI=1S/C14H16N2O2/c1-9-2-3-10(8-18-9)13-6-14(17)11-7-15-5-4-12(11)16-13/h4-7,9-10H,2-3,8H2,1H3,(H,16,17). The summed E-state index contributed by atoms with van der Waals surface area (Å²) in [7, 11) is 0. The number of rotatable bonds is 1. The van der Waals surface area contributed by atoms with Crippen molar-refractivity contribution in [3.63, 3.8) is 0 Å². The van der Waals surface area contributed by atoms with Gasteiger partial charge in [0.2, 0.25) is 0 Å². The van der Waals surface area contributed by atoms with E-state index < -0.39 is 0 Å². The summed E-state index contributed by atoms with van der Waals surface area (Å²) in [6, 6.07) is 3.53. The Bertz CT molecular complexity index is 612. The molecule has 0 amide bonds. The average Bonchev–Trinajstić information content (AvgIpc) is 2.39. The highest BCUT2D eigenvalue weighted by atomic mass is 16.5. The van der Waals surface area contributed by atoms with E-state index in [-0.39, 0.29) is 5.43 Å². The second-order valence-corrected chi connectivity index (χ2v) is 4.93. The first kappa shape index (κ1) is 11.4. The van der Waals surface area contributed by atoms with Crippen LogP contribution < -0.4 is 5.43 Å². The van der Waals surface area contributed by atoms with Gasteiger partial charge in [0.25, 0.3) is 0 Å². The van der Waals surface area contributed by atoms with Gasteiger partial charge in [0, 0.05) is 30.1 Å². The predicted octanol–water partition coefficient (Wildman–Crippen LogP) is 2.21. The van der Waals surface area contributed by atoms with E-state index in [1.54, 1.807) is 18.5 Å². The SMILES string of the molecule is CC1CCC(c2cc(=O)c3cnccc3[nH]2)CO1. The third-order valence-corrected chi connectivity index (χ3v) is 3.60. The number of aromatic amines is 1. The Kier molecular flexibility index (Phi) is 2.88. The highest BCUT2D eigenvalue weighted by Crippen LogP contribution is 2.26. The zero-order valence-corrected chi connectivity index (χ0v) is 10.3. The van der Waals surface area contributed by atoms with Crippen LogP contribution in [0.2, 0.25) is 0 Å². The molecule has 2 atom stereocenters. The minimum Gasteiger partial charge on any atom is -0.378 e. The maximum atomic E-state index is 12.0. The van der Waals surface area contributed by atoms with Crippen LogP contribution in [0.1, 0.15) is 31.4 Å². The molecule has 1 saturated heterocycles. The summed E-state index contributed by atoms with van der Waals surface area (Å²) in [4.78, 5) is 19.3. The maximum Gasteiger partial charge on any atom is 0.191 e. The number of hydrogen-bond acceptors (Lipinski definition) is 3. The minimum absolute atomic E-state index is 0.0328. The van der Waals surface area contributed by atoms with Crippen LogP contribution in [0.3, 0.4) is 0 Å². The normalized spacial score (nSPS) is 24.3. The molecular weight excluding hydrogens is 228 g/mol. The molecule has 1 aliphatic rings. The van der Waals surface area contributed by atoms with E-state index in [0.717, 1.165) is 24.1 Å². The van der Waals surface area contributed by atoms with E-state index >= 15 is 0 Å². The second kappa shape index (κ2) is 4.53. The molecule has 0 aliphatic carbocycles. The lowest BCUT2D eigenvalue weighted by molar-refractivity contribution is 0.0147. The summed E-state index contributed by atoms with van der Waals surface area (Å²) >= 11 is 0. The molecule has 2 unspecified atom stereocenters. The smallest absolute Gasteiger partial charge is 0.191 e. The Hall–Kier alpha value is -1.68. The molecule has 0 bridgehead atoms. The molecule has 3 rings (SSSR count). The maximum absolute atomic E-state index is 12.0. The second-order valence-electron chi connectivity index (χ2n) is 4.93. The van der Waals surface area contributed by atoms with Crippen LogP contribution >= 0.6 is 0 Å². The van der Waals surface area contributed by atoms with Crippen LogP contribution in [0.25, 0.3) is 10.9 Å². The van der Waals surface area contributed by atoms with Gasteiger partial charge in [0.1, 0.15) is 0 Å². The number of H-pyrrole nitrogens is 1. The molecule has 4 nitrogen and oxygen atoms in total. The van der Waals surface area contributed by atoms with E-state index in [1.807, 2.05) is 6.07 Å². The number of pyridine rings is 2. The molecule has 3 heterocycles. The quantitative estimate of drug-likeness (QED) is 0.836. The Morgan fingerprint density at radius 2 is 2.33 bits per heavy atom. The lowest BCUT2D eigenvalue weighted by Crippen LogP contribution is -2.23. The van der Waals surface area contributed by atoms with E-state index in [2.05, 4.69) is 16.9 Å². The van der Waals surface area contributed by atoms with Crippen LogP contribution in [-0.2, 0) is 4.74 Å². The lowest BCUT2D eigenvalue weighted by atomic mass is 9.95. The topological polar surface area (TPSA) is 55.0 Å². The summed E-state index contributed by atoms with van der Waals surface area (Å²) in [5.41, 5.74) is 1.86. The van der Waals surface area contributed by atoms with Gasteiger partial charge in [0.05, 0.1) is 23.6 Å². The minimum atomic E-state index is 0.0328. The largest absolute Gasteiger partial charge is 0.378 e. The molecule has 0 radical (unpaired) electrons. The molecule has 0 saturated carbocycles. The van der Waals surface area contributed by atoms with Crippen molar-refractivity contribution in [2.24, 2.45) is 0 Å². The number of aromatic nitrogens is 2. The van der Waals surface area contributed by atoms with Crippen molar-refractivity contribution in [3.8, 4) is 0 Å². The Labute approximate surface area is 105 Å². The first-order valence-corrected chi connectivity index (χ1v) is 6.32. The molecule has 0 spiro atoms. The highest BCUT2D eigenvalue weighted by Gasteiger charge is 2.21. The van der Waals surface area contributed by atoms with Crippen molar-refractivity contribution in [2.75, 3.05) is 6.61 Å². The molecule has 94 valence electrons.